The fourth-order valence-electron chi connectivity index (χ4n) is 3.18. The number of benzene rings is 1. The molecule has 0 aromatic heterocycles. The molecule has 1 saturated carbocycles. The molecule has 0 amide bonds. The van der Waals surface area contributed by atoms with Gasteiger partial charge in [0.1, 0.15) is 5.82 Å². The van der Waals surface area contributed by atoms with Gasteiger partial charge in [0, 0.05) is 23.8 Å². The highest BCUT2D eigenvalue weighted by atomic mass is 19.1. The SMILES string of the molecule is CC(C)CN(c1ccc(F)cc1C(C)O)C1CCCC1. The lowest BCUT2D eigenvalue weighted by atomic mass is 10.0. The van der Waals surface area contributed by atoms with Crippen LogP contribution in [0.5, 0.6) is 0 Å². The standard InChI is InChI=1S/C17H26FNO/c1-12(2)11-19(15-6-4-5-7-15)17-9-8-14(18)10-16(17)13(3)20/h8-10,12-13,15,20H,4-7,11H2,1-3H3. The molecular weight excluding hydrogens is 253 g/mol. The van der Waals surface area contributed by atoms with E-state index in [0.717, 1.165) is 12.2 Å². The van der Waals surface area contributed by atoms with Crippen molar-refractivity contribution in [3.8, 4) is 0 Å². The van der Waals surface area contributed by atoms with E-state index in [1.807, 2.05) is 6.07 Å². The molecule has 0 bridgehead atoms. The van der Waals surface area contributed by atoms with E-state index >= 15 is 0 Å². The molecule has 1 aliphatic carbocycles. The second kappa shape index (κ2) is 6.57. The van der Waals surface area contributed by atoms with Crippen LogP contribution in [-0.2, 0) is 0 Å². The lowest BCUT2D eigenvalue weighted by Gasteiger charge is -2.35. The Hall–Kier alpha value is -1.09. The number of aliphatic hydroxyl groups excluding tert-OH is 1. The Bertz CT molecular complexity index is 439. The molecule has 1 unspecified atom stereocenters. The average Bonchev–Trinajstić information content (AvgIpc) is 2.89. The first-order valence-electron chi connectivity index (χ1n) is 7.73. The number of hydrogen-bond donors (Lipinski definition) is 1. The number of anilines is 1. The van der Waals surface area contributed by atoms with Gasteiger partial charge in [0.25, 0.3) is 0 Å². The molecule has 0 radical (unpaired) electrons. The Labute approximate surface area is 121 Å². The van der Waals surface area contributed by atoms with Crippen LogP contribution < -0.4 is 4.90 Å². The first-order valence-corrected chi connectivity index (χ1v) is 7.73. The van der Waals surface area contributed by atoms with E-state index in [2.05, 4.69) is 18.7 Å². The van der Waals surface area contributed by atoms with Crippen molar-refractivity contribution in [3.63, 3.8) is 0 Å². The predicted octanol–water partition coefficient (Wildman–Crippen LogP) is 4.28. The molecule has 1 fully saturated rings. The van der Waals surface area contributed by atoms with Crippen molar-refractivity contribution in [2.75, 3.05) is 11.4 Å². The van der Waals surface area contributed by atoms with E-state index in [0.29, 0.717) is 17.5 Å². The molecule has 1 aromatic carbocycles. The van der Waals surface area contributed by atoms with Gasteiger partial charge in [0.05, 0.1) is 6.10 Å². The van der Waals surface area contributed by atoms with E-state index < -0.39 is 6.10 Å². The Balaban J connectivity index is 2.36. The van der Waals surface area contributed by atoms with E-state index in [-0.39, 0.29) is 5.82 Å². The van der Waals surface area contributed by atoms with Crippen molar-refractivity contribution in [2.45, 2.75) is 58.6 Å². The summed E-state index contributed by atoms with van der Waals surface area (Å²) in [4.78, 5) is 2.39. The minimum absolute atomic E-state index is 0.277. The van der Waals surface area contributed by atoms with Gasteiger partial charge in [-0.15, -0.1) is 0 Å². The maximum atomic E-state index is 13.5. The fourth-order valence-corrected chi connectivity index (χ4v) is 3.18. The molecule has 2 rings (SSSR count). The van der Waals surface area contributed by atoms with Gasteiger partial charge in [0.2, 0.25) is 0 Å². The molecule has 0 heterocycles. The molecular formula is C17H26FNO. The molecule has 1 atom stereocenters. The molecule has 2 nitrogen and oxygen atoms in total. The van der Waals surface area contributed by atoms with Crippen LogP contribution in [0.15, 0.2) is 18.2 Å². The quantitative estimate of drug-likeness (QED) is 0.869. The third-order valence-corrected chi connectivity index (χ3v) is 4.08. The number of aliphatic hydroxyl groups is 1. The number of nitrogens with zero attached hydrogens (tertiary/aromatic N) is 1. The summed E-state index contributed by atoms with van der Waals surface area (Å²) < 4.78 is 13.5. The highest BCUT2D eigenvalue weighted by Gasteiger charge is 2.26. The van der Waals surface area contributed by atoms with Crippen LogP contribution in [0.1, 0.15) is 58.1 Å². The minimum atomic E-state index is -0.642. The lowest BCUT2D eigenvalue weighted by molar-refractivity contribution is 0.199. The van der Waals surface area contributed by atoms with Crippen molar-refractivity contribution >= 4 is 5.69 Å². The smallest absolute Gasteiger partial charge is 0.123 e. The Kier molecular flexibility index (Phi) is 5.03. The number of rotatable bonds is 5. The topological polar surface area (TPSA) is 23.5 Å². The first kappa shape index (κ1) is 15.3. The molecule has 3 heteroatoms. The second-order valence-electron chi connectivity index (χ2n) is 6.36. The lowest BCUT2D eigenvalue weighted by Crippen LogP contribution is -2.37. The molecule has 0 saturated heterocycles. The third kappa shape index (κ3) is 3.51. The van der Waals surface area contributed by atoms with Crippen LogP contribution in [-0.4, -0.2) is 17.7 Å². The van der Waals surface area contributed by atoms with Gasteiger partial charge in [-0.1, -0.05) is 26.7 Å². The fraction of sp³-hybridized carbons (Fsp3) is 0.647. The monoisotopic (exact) mass is 279 g/mol. The normalized spacial score (nSPS) is 17.7. The van der Waals surface area contributed by atoms with Gasteiger partial charge < -0.3 is 10.0 Å². The van der Waals surface area contributed by atoms with E-state index in [1.54, 1.807) is 6.92 Å². The highest BCUT2D eigenvalue weighted by molar-refractivity contribution is 5.55. The molecule has 1 aromatic rings. The Morgan fingerprint density at radius 1 is 1.25 bits per heavy atom. The molecule has 112 valence electrons. The molecule has 0 aliphatic heterocycles. The van der Waals surface area contributed by atoms with E-state index in [9.17, 15) is 9.50 Å². The van der Waals surface area contributed by atoms with Gasteiger partial charge in [-0.3, -0.25) is 0 Å². The van der Waals surface area contributed by atoms with Crippen LogP contribution in [0, 0.1) is 11.7 Å². The first-order chi connectivity index (χ1) is 9.49. The predicted molar refractivity (Wildman–Crippen MR) is 81.5 cm³/mol. The van der Waals surface area contributed by atoms with Gasteiger partial charge >= 0.3 is 0 Å². The highest BCUT2D eigenvalue weighted by Crippen LogP contribution is 2.34. The van der Waals surface area contributed by atoms with Crippen LogP contribution in [0.2, 0.25) is 0 Å². The number of halogens is 1. The summed E-state index contributed by atoms with van der Waals surface area (Å²) in [5.41, 5.74) is 1.71. The van der Waals surface area contributed by atoms with Gasteiger partial charge in [-0.05, 0) is 43.9 Å². The summed E-state index contributed by atoms with van der Waals surface area (Å²) in [6.07, 6.45) is 4.29. The molecule has 1 aliphatic rings. The average molecular weight is 279 g/mol. The van der Waals surface area contributed by atoms with Crippen LogP contribution in [0.25, 0.3) is 0 Å². The third-order valence-electron chi connectivity index (χ3n) is 4.08. The second-order valence-corrected chi connectivity index (χ2v) is 6.36. The minimum Gasteiger partial charge on any atom is -0.389 e. The van der Waals surface area contributed by atoms with Crippen LogP contribution in [0.3, 0.4) is 0 Å². The van der Waals surface area contributed by atoms with E-state index in [4.69, 9.17) is 0 Å². The van der Waals surface area contributed by atoms with Crippen molar-refractivity contribution < 1.29 is 9.50 Å². The van der Waals surface area contributed by atoms with Crippen LogP contribution in [0.4, 0.5) is 10.1 Å². The van der Waals surface area contributed by atoms with Crippen molar-refractivity contribution in [1.82, 2.24) is 0 Å². The zero-order chi connectivity index (χ0) is 14.7. The summed E-state index contributed by atoms with van der Waals surface area (Å²) in [5.74, 6) is 0.267. The summed E-state index contributed by atoms with van der Waals surface area (Å²) >= 11 is 0. The van der Waals surface area contributed by atoms with Gasteiger partial charge in [-0.25, -0.2) is 4.39 Å². The van der Waals surface area contributed by atoms with Crippen molar-refractivity contribution in [1.29, 1.82) is 0 Å². The number of hydrogen-bond acceptors (Lipinski definition) is 2. The molecule has 0 spiro atoms. The summed E-state index contributed by atoms with van der Waals surface area (Å²) in [6.45, 7) is 7.07. The summed E-state index contributed by atoms with van der Waals surface area (Å²) in [7, 11) is 0. The maximum absolute atomic E-state index is 13.5. The van der Waals surface area contributed by atoms with E-state index in [1.165, 1.54) is 37.8 Å². The zero-order valence-electron chi connectivity index (χ0n) is 12.8. The van der Waals surface area contributed by atoms with Gasteiger partial charge in [-0.2, -0.15) is 0 Å². The zero-order valence-corrected chi connectivity index (χ0v) is 12.8. The summed E-state index contributed by atoms with van der Waals surface area (Å²) in [5, 5.41) is 9.96. The maximum Gasteiger partial charge on any atom is 0.123 e. The molecule has 1 N–H and O–H groups in total. The largest absolute Gasteiger partial charge is 0.389 e. The van der Waals surface area contributed by atoms with Crippen LogP contribution >= 0.6 is 0 Å². The van der Waals surface area contributed by atoms with Crippen molar-refractivity contribution in [3.05, 3.63) is 29.6 Å². The Morgan fingerprint density at radius 2 is 1.90 bits per heavy atom. The summed E-state index contributed by atoms with van der Waals surface area (Å²) in [6, 6.07) is 5.34. The van der Waals surface area contributed by atoms with Gasteiger partial charge in [0.15, 0.2) is 0 Å². The molecule has 20 heavy (non-hydrogen) atoms. The Morgan fingerprint density at radius 3 is 2.45 bits per heavy atom. The van der Waals surface area contributed by atoms with Crippen molar-refractivity contribution in [2.24, 2.45) is 5.92 Å².